The summed E-state index contributed by atoms with van der Waals surface area (Å²) < 4.78 is 12.6. The van der Waals surface area contributed by atoms with Crippen LogP contribution in [0.1, 0.15) is 23.4 Å². The Morgan fingerprint density at radius 2 is 2.00 bits per heavy atom. The van der Waals surface area contributed by atoms with Gasteiger partial charge in [-0.25, -0.2) is 9.59 Å². The molecular weight excluding hydrogens is 486 g/mol. The van der Waals surface area contributed by atoms with Crippen molar-refractivity contribution in [3.63, 3.8) is 0 Å². The number of hydrogen-bond acceptors (Lipinski definition) is 7. The molecule has 0 saturated carbocycles. The Balaban J connectivity index is 1.15. The quantitative estimate of drug-likeness (QED) is 0.291. The number of carboxylic acid groups (broad SMARTS) is 1. The Labute approximate surface area is 219 Å². The van der Waals surface area contributed by atoms with Crippen molar-refractivity contribution in [1.82, 2.24) is 20.1 Å². The molecule has 3 N–H and O–H groups in total. The highest BCUT2D eigenvalue weighted by Crippen LogP contribution is 2.22. The number of benzene rings is 2. The maximum absolute atomic E-state index is 12.2. The van der Waals surface area contributed by atoms with Crippen LogP contribution in [0.15, 0.2) is 66.9 Å². The van der Waals surface area contributed by atoms with Gasteiger partial charge in [0.1, 0.15) is 18.4 Å². The highest BCUT2D eigenvalue weighted by atomic mass is 16.5. The first kappa shape index (κ1) is 25.1. The van der Waals surface area contributed by atoms with Crippen molar-refractivity contribution in [2.45, 2.75) is 38.5 Å². The van der Waals surface area contributed by atoms with Crippen molar-refractivity contribution in [1.29, 1.82) is 0 Å². The van der Waals surface area contributed by atoms with Gasteiger partial charge < -0.3 is 25.2 Å². The van der Waals surface area contributed by atoms with Gasteiger partial charge in [-0.1, -0.05) is 30.3 Å². The molecule has 196 valence electrons. The highest BCUT2D eigenvalue weighted by molar-refractivity contribution is 5.81. The fourth-order valence-electron chi connectivity index (χ4n) is 4.31. The van der Waals surface area contributed by atoms with Crippen molar-refractivity contribution in [3.05, 3.63) is 83.8 Å². The number of nitrogens with zero attached hydrogens (tertiary/aromatic N) is 3. The zero-order valence-electron chi connectivity index (χ0n) is 20.8. The van der Waals surface area contributed by atoms with Crippen LogP contribution in [0.25, 0.3) is 10.9 Å². The van der Waals surface area contributed by atoms with E-state index < -0.39 is 18.1 Å². The number of alkyl carbamates (subject to hydrolysis) is 1. The predicted octanol–water partition coefficient (Wildman–Crippen LogP) is 3.79. The summed E-state index contributed by atoms with van der Waals surface area (Å²) in [5.41, 5.74) is 4.73. The van der Waals surface area contributed by atoms with Gasteiger partial charge in [-0.05, 0) is 48.7 Å². The smallest absolute Gasteiger partial charge is 0.408 e. The van der Waals surface area contributed by atoms with Gasteiger partial charge in [0.15, 0.2) is 0 Å². The molecule has 4 aromatic rings. The lowest BCUT2D eigenvalue weighted by atomic mass is 10.1. The maximum Gasteiger partial charge on any atom is 0.408 e. The Morgan fingerprint density at radius 3 is 2.84 bits per heavy atom. The van der Waals surface area contributed by atoms with Crippen LogP contribution in [0, 0.1) is 0 Å². The minimum absolute atomic E-state index is 0.0488. The minimum atomic E-state index is -1.21. The third-order valence-corrected chi connectivity index (χ3v) is 6.26. The van der Waals surface area contributed by atoms with Crippen LogP contribution in [0.5, 0.6) is 5.75 Å². The summed E-state index contributed by atoms with van der Waals surface area (Å²) >= 11 is 0. The normalized spacial score (nSPS) is 13.3. The Hall–Kier alpha value is -4.60. The van der Waals surface area contributed by atoms with E-state index >= 15 is 0 Å². The van der Waals surface area contributed by atoms with Crippen LogP contribution in [0.2, 0.25) is 0 Å². The van der Waals surface area contributed by atoms with Crippen LogP contribution in [-0.4, -0.2) is 51.1 Å². The molecule has 5 rings (SSSR count). The average Bonchev–Trinajstić information content (AvgIpc) is 3.34. The molecule has 0 fully saturated rings. The van der Waals surface area contributed by atoms with Crippen LogP contribution in [0.4, 0.5) is 10.5 Å². The molecule has 3 heterocycles. The van der Waals surface area contributed by atoms with Crippen molar-refractivity contribution in [2.24, 2.45) is 0 Å². The van der Waals surface area contributed by atoms with E-state index in [1.165, 1.54) is 4.68 Å². The van der Waals surface area contributed by atoms with Crippen molar-refractivity contribution >= 4 is 28.7 Å². The van der Waals surface area contributed by atoms with Crippen molar-refractivity contribution < 1.29 is 24.2 Å². The van der Waals surface area contributed by atoms with Gasteiger partial charge in [0.05, 0.1) is 30.0 Å². The Morgan fingerprint density at radius 1 is 1.13 bits per heavy atom. The molecule has 2 aromatic carbocycles. The summed E-state index contributed by atoms with van der Waals surface area (Å²) in [6.45, 7) is 1.46. The van der Waals surface area contributed by atoms with Gasteiger partial charge in [0.25, 0.3) is 0 Å². The van der Waals surface area contributed by atoms with Gasteiger partial charge in [0, 0.05) is 30.2 Å². The molecule has 10 heteroatoms. The second-order valence-electron chi connectivity index (χ2n) is 9.09. The molecule has 38 heavy (non-hydrogen) atoms. The molecular formula is C28H29N5O5. The molecule has 1 aliphatic rings. The topological polar surface area (TPSA) is 128 Å². The first-order valence-electron chi connectivity index (χ1n) is 12.6. The van der Waals surface area contributed by atoms with Gasteiger partial charge >= 0.3 is 12.1 Å². The fourth-order valence-corrected chi connectivity index (χ4v) is 4.31. The van der Waals surface area contributed by atoms with Gasteiger partial charge in [-0.15, -0.1) is 0 Å². The highest BCUT2D eigenvalue weighted by Gasteiger charge is 2.22. The van der Waals surface area contributed by atoms with E-state index in [9.17, 15) is 14.7 Å². The van der Waals surface area contributed by atoms with Crippen LogP contribution < -0.4 is 15.4 Å². The SMILES string of the molecule is O=C(N[C@@H](Cn1cc2cc(OCCc3ccc4c(n3)CCCN4)ccc2n1)C(=O)O)OCc1ccccc1. The number of nitrogens with one attached hydrogen (secondary N) is 2. The fraction of sp³-hybridized carbons (Fsp3) is 0.286. The molecule has 1 aliphatic heterocycles. The minimum Gasteiger partial charge on any atom is -0.493 e. The second-order valence-corrected chi connectivity index (χ2v) is 9.09. The monoisotopic (exact) mass is 515 g/mol. The zero-order chi connectivity index (χ0) is 26.3. The standard InChI is InChI=1S/C28H29N5O5/c34-27(35)26(31-28(36)38-18-19-5-2-1-3-6-19)17-33-16-20-15-22(9-11-23(20)32-33)37-14-12-21-8-10-24-25(30-21)7-4-13-29-24/h1-3,5-6,8-11,15-16,26,29H,4,7,12-14,17-18H2,(H,31,36)(H,34,35)/t26-/m0/s1. The Kier molecular flexibility index (Phi) is 7.67. The van der Waals surface area contributed by atoms with E-state index in [1.54, 1.807) is 6.20 Å². The molecule has 1 atom stereocenters. The van der Waals surface area contributed by atoms with E-state index in [1.807, 2.05) is 54.6 Å². The van der Waals surface area contributed by atoms with Gasteiger partial charge in [-0.2, -0.15) is 5.10 Å². The predicted molar refractivity (Wildman–Crippen MR) is 141 cm³/mol. The van der Waals surface area contributed by atoms with E-state index in [4.69, 9.17) is 14.5 Å². The number of carbonyl (C=O) groups excluding carboxylic acids is 1. The van der Waals surface area contributed by atoms with Crippen molar-refractivity contribution in [2.75, 3.05) is 18.5 Å². The summed E-state index contributed by atoms with van der Waals surface area (Å²) in [5.74, 6) is -0.495. The average molecular weight is 516 g/mol. The number of aromatic nitrogens is 3. The number of hydrogen-bond donors (Lipinski definition) is 3. The summed E-state index contributed by atoms with van der Waals surface area (Å²) in [4.78, 5) is 28.7. The summed E-state index contributed by atoms with van der Waals surface area (Å²) in [5, 5.41) is 20.6. The molecule has 0 radical (unpaired) electrons. The van der Waals surface area contributed by atoms with E-state index in [-0.39, 0.29) is 13.2 Å². The summed E-state index contributed by atoms with van der Waals surface area (Å²) in [6, 6.07) is 17.6. The van der Waals surface area contributed by atoms with Crippen LogP contribution in [0.3, 0.4) is 0 Å². The van der Waals surface area contributed by atoms with Crippen molar-refractivity contribution in [3.8, 4) is 5.75 Å². The van der Waals surface area contributed by atoms with Crippen LogP contribution in [-0.2, 0) is 35.5 Å². The third-order valence-electron chi connectivity index (χ3n) is 6.26. The van der Waals surface area contributed by atoms with E-state index in [0.717, 1.165) is 47.4 Å². The maximum atomic E-state index is 12.2. The number of aryl methyl sites for hydroxylation is 1. The number of rotatable bonds is 10. The molecule has 0 unspecified atom stereocenters. The number of anilines is 1. The molecule has 2 aromatic heterocycles. The summed E-state index contributed by atoms with van der Waals surface area (Å²) in [6.07, 6.45) is 3.70. The lowest BCUT2D eigenvalue weighted by molar-refractivity contribution is -0.139. The Bertz CT molecular complexity index is 1420. The van der Waals surface area contributed by atoms with E-state index in [2.05, 4.69) is 21.8 Å². The van der Waals surface area contributed by atoms with E-state index in [0.29, 0.717) is 24.3 Å². The van der Waals surface area contributed by atoms with Gasteiger partial charge in [-0.3, -0.25) is 9.67 Å². The number of ether oxygens (including phenoxy) is 2. The lowest BCUT2D eigenvalue weighted by Gasteiger charge is -2.17. The number of fused-ring (bicyclic) bond motifs is 2. The molecule has 0 spiro atoms. The number of aliphatic carboxylic acids is 1. The zero-order valence-corrected chi connectivity index (χ0v) is 20.8. The lowest BCUT2D eigenvalue weighted by Crippen LogP contribution is -2.44. The molecule has 1 amide bonds. The molecule has 0 aliphatic carbocycles. The second kappa shape index (κ2) is 11.6. The molecule has 0 bridgehead atoms. The number of amides is 1. The first-order chi connectivity index (χ1) is 18.5. The third kappa shape index (κ3) is 6.39. The molecule has 10 nitrogen and oxygen atoms in total. The molecule has 0 saturated heterocycles. The number of carboxylic acids is 1. The number of carbonyl (C=O) groups is 2. The number of pyridine rings is 1. The van der Waals surface area contributed by atoms with Gasteiger partial charge in [0.2, 0.25) is 0 Å². The first-order valence-corrected chi connectivity index (χ1v) is 12.6. The largest absolute Gasteiger partial charge is 0.493 e. The summed E-state index contributed by atoms with van der Waals surface area (Å²) in [7, 11) is 0. The van der Waals surface area contributed by atoms with Crippen LogP contribution >= 0.6 is 0 Å².